The number of hydrazine groups is 1. The number of Topliss-reactive ketones (excluding diaryl/α,β-unsaturated/α-hetero) is 1. The maximum absolute atomic E-state index is 13.0. The Hall–Kier alpha value is -2.29. The molecule has 0 aromatic heterocycles. The highest BCUT2D eigenvalue weighted by Gasteiger charge is 2.30. The highest BCUT2D eigenvalue weighted by atomic mass is 32.2. The maximum Gasteiger partial charge on any atom is 0.253 e. The van der Waals surface area contributed by atoms with Crippen molar-refractivity contribution in [3.05, 3.63) is 59.9 Å². The van der Waals surface area contributed by atoms with Crippen LogP contribution in [0.5, 0.6) is 5.75 Å². The van der Waals surface area contributed by atoms with Gasteiger partial charge >= 0.3 is 0 Å². The first kappa shape index (κ1) is 21.9. The number of hydrogen-bond acceptors (Lipinski definition) is 5. The summed E-state index contributed by atoms with van der Waals surface area (Å²) >= 11 is 0. The lowest BCUT2D eigenvalue weighted by molar-refractivity contribution is 0.0967. The summed E-state index contributed by atoms with van der Waals surface area (Å²) in [6.07, 6.45) is 4.72. The molecule has 0 spiro atoms. The van der Waals surface area contributed by atoms with Crippen LogP contribution in [0, 0.1) is 17.7 Å². The third-order valence-corrected chi connectivity index (χ3v) is 7.16. The standard InChI is InChI=1S/C23H27FN2O4S/c24-20-7-11-22(12-8-20)31(28,29)25-26-14-13-17(16-26)2-1-15-30-21-9-5-19(6-10-21)23(27)18-3-4-18/h5-12,17-18,25H,1-4,13-16H2/t17-/m1/s1. The van der Waals surface area contributed by atoms with Gasteiger partial charge in [0.05, 0.1) is 11.5 Å². The van der Waals surface area contributed by atoms with Gasteiger partial charge in [-0.25, -0.2) is 17.8 Å². The molecular weight excluding hydrogens is 419 g/mol. The van der Waals surface area contributed by atoms with Gasteiger partial charge in [0.15, 0.2) is 5.78 Å². The zero-order valence-corrected chi connectivity index (χ0v) is 18.1. The molecular formula is C23H27FN2O4S. The molecule has 1 aliphatic carbocycles. The second-order valence-corrected chi connectivity index (χ2v) is 9.96. The van der Waals surface area contributed by atoms with E-state index in [1.54, 1.807) is 5.01 Å². The third-order valence-electron chi connectivity index (χ3n) is 5.77. The predicted octanol–water partition coefficient (Wildman–Crippen LogP) is 3.79. The van der Waals surface area contributed by atoms with E-state index in [0.717, 1.165) is 55.5 Å². The van der Waals surface area contributed by atoms with Gasteiger partial charge in [-0.05, 0) is 86.6 Å². The number of halogens is 1. The van der Waals surface area contributed by atoms with Crippen LogP contribution in [0.3, 0.4) is 0 Å². The number of nitrogens with one attached hydrogen (secondary N) is 1. The monoisotopic (exact) mass is 446 g/mol. The normalized spacial score (nSPS) is 19.5. The van der Waals surface area contributed by atoms with Gasteiger partial charge in [-0.2, -0.15) is 0 Å². The first-order valence-electron chi connectivity index (χ1n) is 10.7. The van der Waals surface area contributed by atoms with E-state index in [1.165, 1.54) is 12.1 Å². The van der Waals surface area contributed by atoms with Crippen LogP contribution >= 0.6 is 0 Å². The molecule has 4 rings (SSSR count). The molecule has 2 aromatic carbocycles. The Labute approximate surface area is 182 Å². The molecule has 1 atom stereocenters. The highest BCUT2D eigenvalue weighted by Crippen LogP contribution is 2.33. The van der Waals surface area contributed by atoms with Crippen molar-refractivity contribution in [1.29, 1.82) is 0 Å². The lowest BCUT2D eigenvalue weighted by atomic mass is 10.0. The number of benzene rings is 2. The number of rotatable bonds is 10. The summed E-state index contributed by atoms with van der Waals surface area (Å²) in [5, 5.41) is 1.71. The number of nitrogens with zero attached hydrogens (tertiary/aromatic N) is 1. The molecule has 1 saturated carbocycles. The van der Waals surface area contributed by atoms with Crippen molar-refractivity contribution >= 4 is 15.8 Å². The summed E-state index contributed by atoms with van der Waals surface area (Å²) < 4.78 is 43.6. The number of carbonyl (C=O) groups excluding carboxylic acids is 1. The molecule has 0 radical (unpaired) electrons. The quantitative estimate of drug-likeness (QED) is 0.444. The zero-order valence-electron chi connectivity index (χ0n) is 17.3. The Morgan fingerprint density at radius 3 is 2.45 bits per heavy atom. The molecule has 1 heterocycles. The second kappa shape index (κ2) is 9.46. The van der Waals surface area contributed by atoms with E-state index in [-0.39, 0.29) is 16.6 Å². The molecule has 2 aliphatic rings. The predicted molar refractivity (Wildman–Crippen MR) is 115 cm³/mol. The Bertz CT molecular complexity index is 1000. The van der Waals surface area contributed by atoms with Gasteiger partial charge in [0.2, 0.25) is 0 Å². The van der Waals surface area contributed by atoms with Crippen molar-refractivity contribution < 1.29 is 22.3 Å². The molecule has 31 heavy (non-hydrogen) atoms. The van der Waals surface area contributed by atoms with E-state index in [4.69, 9.17) is 4.74 Å². The number of carbonyl (C=O) groups is 1. The Balaban J connectivity index is 1.17. The summed E-state index contributed by atoms with van der Waals surface area (Å²) in [6, 6.07) is 12.2. The Kier molecular flexibility index (Phi) is 6.69. The maximum atomic E-state index is 13.0. The Morgan fingerprint density at radius 1 is 1.06 bits per heavy atom. The average molecular weight is 447 g/mol. The molecule has 8 heteroatoms. The molecule has 0 unspecified atom stereocenters. The van der Waals surface area contributed by atoms with Crippen LogP contribution in [0.25, 0.3) is 0 Å². The van der Waals surface area contributed by atoms with Gasteiger partial charge < -0.3 is 4.74 Å². The minimum Gasteiger partial charge on any atom is -0.494 e. The fraction of sp³-hybridized carbons (Fsp3) is 0.435. The van der Waals surface area contributed by atoms with E-state index in [0.29, 0.717) is 25.6 Å². The molecule has 2 aromatic rings. The Morgan fingerprint density at radius 2 is 1.77 bits per heavy atom. The van der Waals surface area contributed by atoms with Gasteiger partial charge in [-0.1, -0.05) is 0 Å². The highest BCUT2D eigenvalue weighted by molar-refractivity contribution is 7.89. The van der Waals surface area contributed by atoms with Gasteiger partial charge in [0.25, 0.3) is 10.0 Å². The third kappa shape index (κ3) is 5.90. The van der Waals surface area contributed by atoms with Crippen molar-refractivity contribution in [3.63, 3.8) is 0 Å². The molecule has 1 aliphatic heterocycles. The van der Waals surface area contributed by atoms with E-state index < -0.39 is 15.8 Å². The van der Waals surface area contributed by atoms with Crippen LogP contribution in [-0.4, -0.2) is 38.9 Å². The van der Waals surface area contributed by atoms with Crippen LogP contribution < -0.4 is 9.57 Å². The van der Waals surface area contributed by atoms with E-state index in [9.17, 15) is 17.6 Å². The number of ketones is 1. The van der Waals surface area contributed by atoms with Gasteiger partial charge in [-0.15, -0.1) is 4.83 Å². The van der Waals surface area contributed by atoms with Gasteiger partial charge in [0, 0.05) is 24.6 Å². The molecule has 2 fully saturated rings. The van der Waals surface area contributed by atoms with Crippen molar-refractivity contribution in [2.75, 3.05) is 19.7 Å². The van der Waals surface area contributed by atoms with Crippen LogP contribution in [0.15, 0.2) is 53.4 Å². The fourth-order valence-electron chi connectivity index (χ4n) is 3.85. The molecule has 166 valence electrons. The summed E-state index contributed by atoms with van der Waals surface area (Å²) in [4.78, 5) is 14.7. The largest absolute Gasteiger partial charge is 0.494 e. The van der Waals surface area contributed by atoms with Crippen LogP contribution in [0.2, 0.25) is 0 Å². The second-order valence-electron chi connectivity index (χ2n) is 8.30. The fourth-order valence-corrected chi connectivity index (χ4v) is 4.95. The van der Waals surface area contributed by atoms with Crippen molar-refractivity contribution in [2.45, 2.75) is 37.0 Å². The SMILES string of the molecule is O=C(c1ccc(OCCC[C@@H]2CCN(NS(=O)(=O)c3ccc(F)cc3)C2)cc1)C1CC1. The van der Waals surface area contributed by atoms with Crippen molar-refractivity contribution in [1.82, 2.24) is 9.84 Å². The van der Waals surface area contributed by atoms with E-state index in [1.807, 2.05) is 24.3 Å². The average Bonchev–Trinajstić information content (AvgIpc) is 3.52. The minimum absolute atomic E-state index is 0.0515. The van der Waals surface area contributed by atoms with Gasteiger partial charge in [-0.3, -0.25) is 4.79 Å². The zero-order chi connectivity index (χ0) is 21.8. The first-order valence-corrected chi connectivity index (χ1v) is 12.2. The molecule has 1 N–H and O–H groups in total. The van der Waals surface area contributed by atoms with Crippen LogP contribution in [0.1, 0.15) is 42.5 Å². The molecule has 1 saturated heterocycles. The van der Waals surface area contributed by atoms with Crippen LogP contribution in [0.4, 0.5) is 4.39 Å². The molecule has 0 amide bonds. The summed E-state index contributed by atoms with van der Waals surface area (Å²) in [5.41, 5.74) is 0.754. The minimum atomic E-state index is -3.70. The van der Waals surface area contributed by atoms with Crippen molar-refractivity contribution in [2.24, 2.45) is 11.8 Å². The lowest BCUT2D eigenvalue weighted by Gasteiger charge is -2.17. The van der Waals surface area contributed by atoms with E-state index >= 15 is 0 Å². The summed E-state index contributed by atoms with van der Waals surface area (Å²) in [7, 11) is -3.70. The number of sulfonamides is 1. The van der Waals surface area contributed by atoms with Crippen LogP contribution in [-0.2, 0) is 10.0 Å². The molecule has 6 nitrogen and oxygen atoms in total. The van der Waals surface area contributed by atoms with E-state index in [2.05, 4.69) is 4.83 Å². The summed E-state index contributed by atoms with van der Waals surface area (Å²) in [5.74, 6) is 1.13. The number of ether oxygens (including phenoxy) is 1. The molecule has 0 bridgehead atoms. The first-order chi connectivity index (χ1) is 14.9. The lowest BCUT2D eigenvalue weighted by Crippen LogP contribution is -2.40. The summed E-state index contributed by atoms with van der Waals surface area (Å²) in [6.45, 7) is 1.86. The topological polar surface area (TPSA) is 75.7 Å². The smallest absolute Gasteiger partial charge is 0.253 e. The number of hydrogen-bond donors (Lipinski definition) is 1. The van der Waals surface area contributed by atoms with Gasteiger partial charge in [0.1, 0.15) is 11.6 Å². The van der Waals surface area contributed by atoms with Crippen molar-refractivity contribution in [3.8, 4) is 5.75 Å².